The SMILES string of the molecule is COC(=O)Oc1cc(C)c(C[C@H](CNCc2ccccc2C[C@H](NC(=O)OC(C)(C)C)C(=O)O)NC(=O)OCC2c3ccccc3-c3ccccc32)c(C)c1. The molecule has 4 aromatic carbocycles. The van der Waals surface area contributed by atoms with Crippen LogP contribution in [0.5, 0.6) is 5.75 Å². The van der Waals surface area contributed by atoms with E-state index in [1.54, 1.807) is 32.9 Å². The smallest absolute Gasteiger partial charge is 0.480 e. The van der Waals surface area contributed by atoms with E-state index in [-0.39, 0.29) is 18.9 Å². The van der Waals surface area contributed by atoms with E-state index in [1.807, 2.05) is 62.4 Å². The Hall–Kier alpha value is -5.88. The molecule has 0 spiro atoms. The molecule has 0 radical (unpaired) electrons. The van der Waals surface area contributed by atoms with Gasteiger partial charge >= 0.3 is 24.3 Å². The van der Waals surface area contributed by atoms with Crippen LogP contribution >= 0.6 is 0 Å². The molecular weight excluding hydrogens is 702 g/mol. The number of hydrogen-bond donors (Lipinski definition) is 4. The average molecular weight is 752 g/mol. The van der Waals surface area contributed by atoms with E-state index in [0.717, 1.165) is 50.1 Å². The predicted octanol–water partition coefficient (Wildman–Crippen LogP) is 7.21. The molecule has 0 aromatic heterocycles. The number of carboxylic acid groups (broad SMARTS) is 1. The second-order valence-electron chi connectivity index (χ2n) is 14.6. The Morgan fingerprint density at radius 3 is 1.95 bits per heavy atom. The minimum absolute atomic E-state index is 0.0340. The highest BCUT2D eigenvalue weighted by Gasteiger charge is 2.30. The number of amides is 2. The molecule has 0 heterocycles. The second kappa shape index (κ2) is 18.0. The molecule has 55 heavy (non-hydrogen) atoms. The highest BCUT2D eigenvalue weighted by Crippen LogP contribution is 2.44. The van der Waals surface area contributed by atoms with Gasteiger partial charge in [0, 0.05) is 31.5 Å². The monoisotopic (exact) mass is 751 g/mol. The van der Waals surface area contributed by atoms with E-state index in [0.29, 0.717) is 25.3 Å². The third kappa shape index (κ3) is 10.9. The van der Waals surface area contributed by atoms with Crippen molar-refractivity contribution in [2.24, 2.45) is 0 Å². The largest absolute Gasteiger partial charge is 0.513 e. The van der Waals surface area contributed by atoms with Crippen molar-refractivity contribution in [1.29, 1.82) is 0 Å². The lowest BCUT2D eigenvalue weighted by Crippen LogP contribution is -2.45. The first-order chi connectivity index (χ1) is 26.2. The van der Waals surface area contributed by atoms with Gasteiger partial charge < -0.3 is 40.0 Å². The van der Waals surface area contributed by atoms with Crippen molar-refractivity contribution in [3.63, 3.8) is 0 Å². The first-order valence-corrected chi connectivity index (χ1v) is 18.2. The zero-order valence-electron chi connectivity index (χ0n) is 32.1. The minimum atomic E-state index is -1.21. The third-order valence-electron chi connectivity index (χ3n) is 9.39. The molecule has 1 aliphatic rings. The Labute approximate surface area is 321 Å². The molecule has 290 valence electrons. The van der Waals surface area contributed by atoms with Gasteiger partial charge in [-0.15, -0.1) is 0 Å². The highest BCUT2D eigenvalue weighted by molar-refractivity contribution is 5.81. The van der Waals surface area contributed by atoms with Crippen molar-refractivity contribution >= 4 is 24.3 Å². The van der Waals surface area contributed by atoms with Gasteiger partial charge in [-0.3, -0.25) is 0 Å². The van der Waals surface area contributed by atoms with E-state index in [9.17, 15) is 24.3 Å². The summed E-state index contributed by atoms with van der Waals surface area (Å²) < 4.78 is 21.1. The molecule has 2 amide bonds. The predicted molar refractivity (Wildman–Crippen MR) is 207 cm³/mol. The summed E-state index contributed by atoms with van der Waals surface area (Å²) in [6, 6.07) is 25.5. The number of carboxylic acids is 1. The number of benzene rings is 4. The number of ether oxygens (including phenoxy) is 4. The maximum Gasteiger partial charge on any atom is 0.513 e. The van der Waals surface area contributed by atoms with Crippen molar-refractivity contribution in [2.45, 2.75) is 77.6 Å². The Morgan fingerprint density at radius 2 is 1.36 bits per heavy atom. The van der Waals surface area contributed by atoms with Gasteiger partial charge in [0.05, 0.1) is 7.11 Å². The molecule has 12 nitrogen and oxygen atoms in total. The van der Waals surface area contributed by atoms with Gasteiger partial charge in [-0.1, -0.05) is 72.8 Å². The zero-order valence-corrected chi connectivity index (χ0v) is 32.1. The number of hydrogen-bond acceptors (Lipinski definition) is 9. The summed E-state index contributed by atoms with van der Waals surface area (Å²) >= 11 is 0. The molecule has 4 aromatic rings. The number of carbonyl (C=O) groups is 4. The number of alkyl carbamates (subject to hydrolysis) is 2. The fraction of sp³-hybridized carbons (Fsp3) is 0.349. The van der Waals surface area contributed by atoms with Gasteiger partial charge in [-0.05, 0) is 103 Å². The number of fused-ring (bicyclic) bond motifs is 3. The van der Waals surface area contributed by atoms with Gasteiger partial charge in [0.15, 0.2) is 0 Å². The summed E-state index contributed by atoms with van der Waals surface area (Å²) in [4.78, 5) is 49.8. The maximum atomic E-state index is 13.5. The lowest BCUT2D eigenvalue weighted by molar-refractivity contribution is -0.139. The van der Waals surface area contributed by atoms with Crippen LogP contribution in [0, 0.1) is 13.8 Å². The lowest BCUT2D eigenvalue weighted by atomic mass is 9.95. The van der Waals surface area contributed by atoms with Gasteiger partial charge in [-0.2, -0.15) is 0 Å². The first kappa shape index (κ1) is 40.3. The van der Waals surface area contributed by atoms with Crippen LogP contribution in [0.4, 0.5) is 14.4 Å². The van der Waals surface area contributed by atoms with E-state index in [4.69, 9.17) is 14.2 Å². The normalized spacial score (nSPS) is 13.1. The van der Waals surface area contributed by atoms with Crippen molar-refractivity contribution in [3.8, 4) is 16.9 Å². The highest BCUT2D eigenvalue weighted by atomic mass is 16.7. The molecule has 0 saturated carbocycles. The van der Waals surface area contributed by atoms with Gasteiger partial charge in [0.2, 0.25) is 0 Å². The fourth-order valence-electron chi connectivity index (χ4n) is 6.88. The number of carbonyl (C=O) groups excluding carboxylic acids is 3. The second-order valence-corrected chi connectivity index (χ2v) is 14.6. The Kier molecular flexibility index (Phi) is 13.2. The van der Waals surface area contributed by atoms with E-state index in [2.05, 4.69) is 45.0 Å². The molecule has 0 bridgehead atoms. The van der Waals surface area contributed by atoms with Crippen LogP contribution < -0.4 is 20.7 Å². The Bertz CT molecular complexity index is 1950. The van der Waals surface area contributed by atoms with Crippen molar-refractivity contribution in [3.05, 3.63) is 124 Å². The fourth-order valence-corrected chi connectivity index (χ4v) is 6.88. The summed E-state index contributed by atoms with van der Waals surface area (Å²) in [7, 11) is 1.24. The number of aryl methyl sites for hydroxylation is 2. The maximum absolute atomic E-state index is 13.5. The topological polar surface area (TPSA) is 162 Å². The van der Waals surface area contributed by atoms with E-state index in [1.165, 1.54) is 7.11 Å². The van der Waals surface area contributed by atoms with Gasteiger partial charge in [0.1, 0.15) is 24.0 Å². The lowest BCUT2D eigenvalue weighted by Gasteiger charge is -2.24. The van der Waals surface area contributed by atoms with E-state index >= 15 is 0 Å². The van der Waals surface area contributed by atoms with Crippen LogP contribution in [0.3, 0.4) is 0 Å². The Balaban J connectivity index is 1.30. The van der Waals surface area contributed by atoms with Crippen LogP contribution in [0.2, 0.25) is 0 Å². The number of methoxy groups -OCH3 is 1. The first-order valence-electron chi connectivity index (χ1n) is 18.2. The zero-order chi connectivity index (χ0) is 39.7. The number of nitrogens with one attached hydrogen (secondary N) is 3. The molecule has 0 aliphatic heterocycles. The Morgan fingerprint density at radius 1 is 0.782 bits per heavy atom. The van der Waals surface area contributed by atoms with Crippen LogP contribution in [-0.4, -0.2) is 67.4 Å². The summed E-state index contributed by atoms with van der Waals surface area (Å²) in [5, 5.41) is 18.9. The minimum Gasteiger partial charge on any atom is -0.480 e. The summed E-state index contributed by atoms with van der Waals surface area (Å²) in [6.07, 6.45) is -1.73. The van der Waals surface area contributed by atoms with Crippen molar-refractivity contribution < 1.29 is 43.2 Å². The van der Waals surface area contributed by atoms with Crippen LogP contribution in [0.25, 0.3) is 11.1 Å². The van der Waals surface area contributed by atoms with Crippen LogP contribution in [-0.2, 0) is 38.4 Å². The van der Waals surface area contributed by atoms with Crippen LogP contribution in [0.15, 0.2) is 84.9 Å². The standard InChI is InChI=1S/C43H49N3O9/c1-26-19-31(54-42(51)52-6)20-27(2)36(26)22-30(45-40(49)53-25-37-34-17-11-9-15-32(34)33-16-10-12-18-35(33)37)24-44-23-29-14-8-7-13-28(29)21-38(39(47)48)46-41(50)55-43(3,4)5/h7-20,30,37-38,44H,21-25H2,1-6H3,(H,45,49)(H,46,50)(H,47,48)/t30-,38+/m1/s1. The van der Waals surface area contributed by atoms with Gasteiger partial charge in [0.25, 0.3) is 0 Å². The molecule has 5 rings (SSSR count). The molecule has 0 saturated heterocycles. The molecule has 0 unspecified atom stereocenters. The molecule has 0 fully saturated rings. The third-order valence-corrected chi connectivity index (χ3v) is 9.39. The van der Waals surface area contributed by atoms with Crippen molar-refractivity contribution in [1.82, 2.24) is 16.0 Å². The summed E-state index contributed by atoms with van der Waals surface area (Å²) in [5.41, 5.74) is 7.95. The molecule has 1 aliphatic carbocycles. The quantitative estimate of drug-likeness (QED) is 0.0589. The summed E-state index contributed by atoms with van der Waals surface area (Å²) in [5.74, 6) is -0.936. The molecule has 4 N–H and O–H groups in total. The molecular formula is C43H49N3O9. The van der Waals surface area contributed by atoms with Crippen molar-refractivity contribution in [2.75, 3.05) is 20.3 Å². The average Bonchev–Trinajstić information content (AvgIpc) is 3.45. The van der Waals surface area contributed by atoms with Gasteiger partial charge in [-0.25, -0.2) is 19.2 Å². The number of rotatable bonds is 14. The van der Waals surface area contributed by atoms with Crippen LogP contribution in [0.1, 0.15) is 65.6 Å². The molecule has 12 heteroatoms. The number of aliphatic carboxylic acids is 1. The summed E-state index contributed by atoms with van der Waals surface area (Å²) in [6.45, 7) is 9.77. The van der Waals surface area contributed by atoms with E-state index < -0.39 is 42.0 Å². The molecule has 2 atom stereocenters.